The average molecular weight is 263 g/mol. The molecule has 3 N–H and O–H groups in total. The highest BCUT2D eigenvalue weighted by Crippen LogP contribution is 2.30. The van der Waals surface area contributed by atoms with Gasteiger partial charge in [-0.3, -0.25) is 5.10 Å². The van der Waals surface area contributed by atoms with Gasteiger partial charge in [-0.1, -0.05) is 13.8 Å². The molecule has 1 aromatic carbocycles. The Labute approximate surface area is 111 Å². The zero-order valence-electron chi connectivity index (χ0n) is 11.3. The lowest BCUT2D eigenvalue weighted by Gasteiger charge is -2.08. The van der Waals surface area contributed by atoms with Gasteiger partial charge in [-0.05, 0) is 30.5 Å². The van der Waals surface area contributed by atoms with Crippen molar-refractivity contribution in [2.24, 2.45) is 5.92 Å². The summed E-state index contributed by atoms with van der Waals surface area (Å²) in [6.45, 7) is 4.23. The first-order chi connectivity index (χ1) is 9.02. The van der Waals surface area contributed by atoms with E-state index < -0.39 is 0 Å². The van der Waals surface area contributed by atoms with Crippen LogP contribution in [0.5, 0.6) is 5.75 Å². The number of H-pyrrole nitrogens is 1. The van der Waals surface area contributed by atoms with Crippen molar-refractivity contribution in [1.82, 2.24) is 10.2 Å². The number of nitrogens with zero attached hydrogens (tertiary/aromatic N) is 1. The number of hydrogen-bond acceptors (Lipinski definition) is 3. The monoisotopic (exact) mass is 263 g/mol. The van der Waals surface area contributed by atoms with Gasteiger partial charge in [0.2, 0.25) is 0 Å². The second-order valence-corrected chi connectivity index (χ2v) is 4.91. The predicted octanol–water partition coefficient (Wildman–Crippen LogP) is 3.01. The normalized spacial score (nSPS) is 11.0. The van der Waals surface area contributed by atoms with Gasteiger partial charge >= 0.3 is 0 Å². The Balaban J connectivity index is 2.47. The van der Waals surface area contributed by atoms with E-state index in [1.807, 2.05) is 0 Å². The second kappa shape index (κ2) is 5.30. The lowest BCUT2D eigenvalue weighted by Crippen LogP contribution is -1.99. The van der Waals surface area contributed by atoms with Crippen molar-refractivity contribution < 1.29 is 9.13 Å². The number of nitrogens with one attached hydrogen (secondary N) is 1. The highest BCUT2D eigenvalue weighted by Gasteiger charge is 2.15. The molecule has 1 aromatic heterocycles. The third-order valence-electron chi connectivity index (χ3n) is 2.95. The van der Waals surface area contributed by atoms with Crippen LogP contribution >= 0.6 is 0 Å². The molecule has 2 rings (SSSR count). The minimum atomic E-state index is -0.385. The number of anilines is 1. The first-order valence-corrected chi connectivity index (χ1v) is 6.19. The summed E-state index contributed by atoms with van der Waals surface area (Å²) >= 11 is 0. The Morgan fingerprint density at radius 1 is 1.42 bits per heavy atom. The maximum absolute atomic E-state index is 13.4. The van der Waals surface area contributed by atoms with Gasteiger partial charge in [-0.2, -0.15) is 5.10 Å². The van der Waals surface area contributed by atoms with Crippen molar-refractivity contribution >= 4 is 5.82 Å². The molecule has 0 aliphatic rings. The highest BCUT2D eigenvalue weighted by atomic mass is 19.1. The largest absolute Gasteiger partial charge is 0.494 e. The summed E-state index contributed by atoms with van der Waals surface area (Å²) in [4.78, 5) is 0. The van der Waals surface area contributed by atoms with Crippen LogP contribution in [0, 0.1) is 11.7 Å². The van der Waals surface area contributed by atoms with Crippen LogP contribution in [-0.2, 0) is 6.42 Å². The van der Waals surface area contributed by atoms with Crippen molar-refractivity contribution in [2.45, 2.75) is 20.3 Å². The Kier molecular flexibility index (Phi) is 3.74. The van der Waals surface area contributed by atoms with Crippen LogP contribution in [0.2, 0.25) is 0 Å². The van der Waals surface area contributed by atoms with E-state index >= 15 is 0 Å². The van der Waals surface area contributed by atoms with Gasteiger partial charge < -0.3 is 10.5 Å². The van der Waals surface area contributed by atoms with E-state index in [1.165, 1.54) is 13.2 Å². The molecule has 0 saturated carbocycles. The number of rotatable bonds is 4. The van der Waals surface area contributed by atoms with Crippen LogP contribution in [0.15, 0.2) is 18.2 Å². The molecule has 0 radical (unpaired) electrons. The van der Waals surface area contributed by atoms with Crippen LogP contribution in [-0.4, -0.2) is 17.3 Å². The van der Waals surface area contributed by atoms with Gasteiger partial charge in [0, 0.05) is 11.1 Å². The molecule has 102 valence electrons. The number of methoxy groups -OCH3 is 1. The fraction of sp³-hybridized carbons (Fsp3) is 0.357. The van der Waals surface area contributed by atoms with Crippen molar-refractivity contribution in [3.8, 4) is 17.0 Å². The molecule has 0 amide bonds. The van der Waals surface area contributed by atoms with Crippen LogP contribution < -0.4 is 10.5 Å². The Bertz CT molecular complexity index is 578. The molecule has 0 aliphatic heterocycles. The Morgan fingerprint density at radius 2 is 2.16 bits per heavy atom. The van der Waals surface area contributed by atoms with Gasteiger partial charge in [-0.25, -0.2) is 4.39 Å². The molecule has 2 aromatic rings. The summed E-state index contributed by atoms with van der Waals surface area (Å²) in [6, 6.07) is 4.71. The summed E-state index contributed by atoms with van der Waals surface area (Å²) in [6.07, 6.45) is 0.817. The van der Waals surface area contributed by atoms with E-state index in [0.717, 1.165) is 23.2 Å². The summed E-state index contributed by atoms with van der Waals surface area (Å²) in [5.74, 6) is 0.776. The lowest BCUT2D eigenvalue weighted by molar-refractivity contribution is 0.387. The fourth-order valence-electron chi connectivity index (χ4n) is 2.05. The number of benzene rings is 1. The van der Waals surface area contributed by atoms with E-state index in [-0.39, 0.29) is 11.6 Å². The maximum Gasteiger partial charge on any atom is 0.165 e. The number of nitrogens with two attached hydrogens (primary N) is 1. The summed E-state index contributed by atoms with van der Waals surface area (Å²) in [5.41, 5.74) is 8.48. The number of hydrogen-bond donors (Lipinski definition) is 2. The SMILES string of the molecule is COc1cc(-c2[nH]nc(N)c2CC(C)C)ccc1F. The molecule has 0 aliphatic carbocycles. The predicted molar refractivity (Wildman–Crippen MR) is 73.5 cm³/mol. The van der Waals surface area contributed by atoms with Crippen LogP contribution in [0.25, 0.3) is 11.3 Å². The molecule has 1 heterocycles. The average Bonchev–Trinajstić information content (AvgIpc) is 2.71. The number of halogens is 1. The second-order valence-electron chi connectivity index (χ2n) is 4.91. The van der Waals surface area contributed by atoms with Crippen LogP contribution in [0.1, 0.15) is 19.4 Å². The minimum absolute atomic E-state index is 0.209. The standard InChI is InChI=1S/C14H18FN3O/c1-8(2)6-10-13(17-18-14(10)16)9-4-5-11(15)12(7-9)19-3/h4-5,7-8H,6H2,1-3H3,(H3,16,17,18). The third kappa shape index (κ3) is 2.70. The van der Waals surface area contributed by atoms with E-state index in [0.29, 0.717) is 11.7 Å². The van der Waals surface area contributed by atoms with Crippen LogP contribution in [0.3, 0.4) is 0 Å². The molecule has 4 nitrogen and oxygen atoms in total. The molecule has 0 bridgehead atoms. The number of aromatic nitrogens is 2. The van der Waals surface area contributed by atoms with Crippen LogP contribution in [0.4, 0.5) is 10.2 Å². The summed E-state index contributed by atoms with van der Waals surface area (Å²) < 4.78 is 18.4. The zero-order chi connectivity index (χ0) is 14.0. The molecular formula is C14H18FN3O. The molecular weight excluding hydrogens is 245 g/mol. The molecule has 0 saturated heterocycles. The van der Waals surface area contributed by atoms with Crippen molar-refractivity contribution in [3.63, 3.8) is 0 Å². The van der Waals surface area contributed by atoms with Gasteiger partial charge in [0.15, 0.2) is 11.6 Å². The highest BCUT2D eigenvalue weighted by molar-refractivity contribution is 5.69. The number of ether oxygens (including phenoxy) is 1. The van der Waals surface area contributed by atoms with Crippen molar-refractivity contribution in [1.29, 1.82) is 0 Å². The van der Waals surface area contributed by atoms with E-state index in [1.54, 1.807) is 12.1 Å². The molecule has 19 heavy (non-hydrogen) atoms. The van der Waals surface area contributed by atoms with Gasteiger partial charge in [0.1, 0.15) is 5.82 Å². The minimum Gasteiger partial charge on any atom is -0.494 e. The van der Waals surface area contributed by atoms with Crippen molar-refractivity contribution in [3.05, 3.63) is 29.6 Å². The molecule has 0 atom stereocenters. The molecule has 0 unspecified atom stereocenters. The topological polar surface area (TPSA) is 63.9 Å². The maximum atomic E-state index is 13.4. The van der Waals surface area contributed by atoms with Gasteiger partial charge in [0.25, 0.3) is 0 Å². The van der Waals surface area contributed by atoms with Crippen molar-refractivity contribution in [2.75, 3.05) is 12.8 Å². The fourth-order valence-corrected chi connectivity index (χ4v) is 2.05. The van der Waals surface area contributed by atoms with Gasteiger partial charge in [-0.15, -0.1) is 0 Å². The summed E-state index contributed by atoms with van der Waals surface area (Å²) in [5, 5.41) is 6.96. The van der Waals surface area contributed by atoms with E-state index in [4.69, 9.17) is 10.5 Å². The molecule has 0 spiro atoms. The lowest BCUT2D eigenvalue weighted by atomic mass is 9.99. The van der Waals surface area contributed by atoms with E-state index in [9.17, 15) is 4.39 Å². The number of nitrogen functional groups attached to an aromatic ring is 1. The summed E-state index contributed by atoms with van der Waals surface area (Å²) in [7, 11) is 1.44. The third-order valence-corrected chi connectivity index (χ3v) is 2.95. The quantitative estimate of drug-likeness (QED) is 0.891. The van der Waals surface area contributed by atoms with Gasteiger partial charge in [0.05, 0.1) is 12.8 Å². The van der Waals surface area contributed by atoms with E-state index in [2.05, 4.69) is 24.0 Å². The Hall–Kier alpha value is -2.04. The first kappa shape index (κ1) is 13.4. The zero-order valence-corrected chi connectivity index (χ0v) is 11.3. The smallest absolute Gasteiger partial charge is 0.165 e. The first-order valence-electron chi connectivity index (χ1n) is 6.19. The molecule has 5 heteroatoms. The molecule has 0 fully saturated rings. The number of aromatic amines is 1. The Morgan fingerprint density at radius 3 is 2.79 bits per heavy atom.